The van der Waals surface area contributed by atoms with Crippen molar-refractivity contribution in [3.8, 4) is 0 Å². The van der Waals surface area contributed by atoms with Gasteiger partial charge in [-0.25, -0.2) is 0 Å². The molecule has 2 fully saturated rings. The molecule has 0 aromatic carbocycles. The Balaban J connectivity index is 1.56. The molecule has 3 rings (SSSR count). The molecule has 1 N–H and O–H groups in total. The van der Waals surface area contributed by atoms with E-state index in [1.54, 1.807) is 6.20 Å². The third-order valence-corrected chi connectivity index (χ3v) is 4.70. The fourth-order valence-corrected chi connectivity index (χ4v) is 3.16. The first-order chi connectivity index (χ1) is 9.30. The molecule has 1 aromatic heterocycles. The predicted molar refractivity (Wildman–Crippen MR) is 74.7 cm³/mol. The van der Waals surface area contributed by atoms with E-state index in [1.807, 2.05) is 12.3 Å². The maximum atomic E-state index is 12.2. The Morgan fingerprint density at radius 3 is 2.74 bits per heavy atom. The van der Waals surface area contributed by atoms with Gasteiger partial charge in [-0.2, -0.15) is 0 Å². The van der Waals surface area contributed by atoms with Gasteiger partial charge in [-0.1, -0.05) is 25.3 Å². The summed E-state index contributed by atoms with van der Waals surface area (Å²) < 4.78 is 0. The largest absolute Gasteiger partial charge is 0.355 e. The van der Waals surface area contributed by atoms with Crippen LogP contribution in [0.25, 0.3) is 0 Å². The Morgan fingerprint density at radius 1 is 1.32 bits per heavy atom. The maximum Gasteiger partial charge on any atom is 0.223 e. The van der Waals surface area contributed by atoms with E-state index in [0.29, 0.717) is 0 Å². The Bertz CT molecular complexity index is 433. The van der Waals surface area contributed by atoms with Crippen LogP contribution in [-0.2, 0) is 10.2 Å². The molecule has 0 bridgehead atoms. The predicted octanol–water partition coefficient (Wildman–Crippen LogP) is 2.81. The molecule has 3 heteroatoms. The molecule has 3 nitrogen and oxygen atoms in total. The van der Waals surface area contributed by atoms with Crippen LogP contribution in [0.15, 0.2) is 24.5 Å². The molecule has 2 aliphatic carbocycles. The topological polar surface area (TPSA) is 42.0 Å². The molecule has 0 atom stereocenters. The number of pyridine rings is 1. The number of carbonyl (C=O) groups is 1. The number of amides is 1. The maximum absolute atomic E-state index is 12.2. The van der Waals surface area contributed by atoms with Crippen LogP contribution in [-0.4, -0.2) is 17.4 Å². The Kier molecular flexibility index (Phi) is 3.54. The van der Waals surface area contributed by atoms with Gasteiger partial charge < -0.3 is 5.32 Å². The van der Waals surface area contributed by atoms with Gasteiger partial charge in [-0.15, -0.1) is 0 Å². The third kappa shape index (κ3) is 2.80. The minimum absolute atomic E-state index is 0.179. The van der Waals surface area contributed by atoms with Gasteiger partial charge in [0.1, 0.15) is 0 Å². The monoisotopic (exact) mass is 258 g/mol. The fourth-order valence-electron chi connectivity index (χ4n) is 3.16. The Labute approximate surface area is 114 Å². The fraction of sp³-hybridized carbons (Fsp3) is 0.625. The summed E-state index contributed by atoms with van der Waals surface area (Å²) in [5, 5.41) is 3.19. The summed E-state index contributed by atoms with van der Waals surface area (Å²) in [6.45, 7) is 0.786. The van der Waals surface area contributed by atoms with E-state index in [-0.39, 0.29) is 17.2 Å². The van der Waals surface area contributed by atoms with Gasteiger partial charge in [0.2, 0.25) is 5.91 Å². The zero-order valence-corrected chi connectivity index (χ0v) is 11.4. The lowest BCUT2D eigenvalue weighted by Gasteiger charge is -2.23. The van der Waals surface area contributed by atoms with Gasteiger partial charge in [0.25, 0.3) is 0 Å². The van der Waals surface area contributed by atoms with Crippen molar-refractivity contribution >= 4 is 5.91 Å². The summed E-state index contributed by atoms with van der Waals surface area (Å²) in [5.41, 5.74) is 1.46. The lowest BCUT2D eigenvalue weighted by atomic mass is 9.88. The highest BCUT2D eigenvalue weighted by atomic mass is 16.1. The van der Waals surface area contributed by atoms with Crippen molar-refractivity contribution < 1.29 is 4.79 Å². The van der Waals surface area contributed by atoms with E-state index in [9.17, 15) is 4.79 Å². The lowest BCUT2D eigenvalue weighted by Crippen LogP contribution is -2.37. The highest BCUT2D eigenvalue weighted by Crippen LogP contribution is 2.47. The molecule has 2 aliphatic rings. The number of hydrogen-bond donors (Lipinski definition) is 1. The molecule has 19 heavy (non-hydrogen) atoms. The van der Waals surface area contributed by atoms with E-state index in [1.165, 1.54) is 37.7 Å². The number of nitrogens with one attached hydrogen (secondary N) is 1. The van der Waals surface area contributed by atoms with Gasteiger partial charge in [-0.3, -0.25) is 9.78 Å². The summed E-state index contributed by atoms with van der Waals surface area (Å²) in [5.74, 6) is 0.535. The Hall–Kier alpha value is -1.38. The minimum atomic E-state index is 0.179. The van der Waals surface area contributed by atoms with Crippen molar-refractivity contribution in [2.75, 3.05) is 6.54 Å². The van der Waals surface area contributed by atoms with Crippen LogP contribution in [0, 0.1) is 5.92 Å². The smallest absolute Gasteiger partial charge is 0.223 e. The zero-order valence-electron chi connectivity index (χ0n) is 11.4. The third-order valence-electron chi connectivity index (χ3n) is 4.70. The first-order valence-electron chi connectivity index (χ1n) is 7.48. The number of rotatable bonds is 4. The first kappa shape index (κ1) is 12.6. The van der Waals surface area contributed by atoms with Crippen LogP contribution >= 0.6 is 0 Å². The van der Waals surface area contributed by atoms with Crippen LogP contribution in [0.1, 0.15) is 50.5 Å². The highest BCUT2D eigenvalue weighted by Gasteiger charge is 2.44. The summed E-state index contributed by atoms with van der Waals surface area (Å²) in [6.07, 6.45) is 12.0. The molecule has 0 saturated heterocycles. The summed E-state index contributed by atoms with van der Waals surface area (Å²) in [7, 11) is 0. The second-order valence-corrected chi connectivity index (χ2v) is 6.07. The first-order valence-corrected chi connectivity index (χ1v) is 7.48. The van der Waals surface area contributed by atoms with Crippen molar-refractivity contribution in [2.45, 2.75) is 50.4 Å². The van der Waals surface area contributed by atoms with Crippen LogP contribution in [0.3, 0.4) is 0 Å². The van der Waals surface area contributed by atoms with Gasteiger partial charge in [0.15, 0.2) is 0 Å². The Morgan fingerprint density at radius 2 is 2.11 bits per heavy atom. The van der Waals surface area contributed by atoms with Gasteiger partial charge >= 0.3 is 0 Å². The molecular weight excluding hydrogens is 236 g/mol. The van der Waals surface area contributed by atoms with Crippen molar-refractivity contribution in [1.82, 2.24) is 10.3 Å². The molecule has 1 amide bonds. The number of nitrogens with zero attached hydrogens (tertiary/aromatic N) is 1. The van der Waals surface area contributed by atoms with Gasteiger partial charge in [0, 0.05) is 30.3 Å². The van der Waals surface area contributed by atoms with Crippen LogP contribution < -0.4 is 5.32 Å². The summed E-state index contributed by atoms with van der Waals surface area (Å²) >= 11 is 0. The average molecular weight is 258 g/mol. The molecule has 102 valence electrons. The second-order valence-electron chi connectivity index (χ2n) is 6.07. The molecule has 1 aromatic rings. The number of aromatic nitrogens is 1. The van der Waals surface area contributed by atoms with E-state index >= 15 is 0 Å². The van der Waals surface area contributed by atoms with Crippen molar-refractivity contribution in [3.63, 3.8) is 0 Å². The molecular formula is C16H22N2O. The molecule has 0 radical (unpaired) electrons. The summed E-state index contributed by atoms with van der Waals surface area (Å²) in [6, 6.07) is 4.12. The van der Waals surface area contributed by atoms with E-state index < -0.39 is 0 Å². The molecule has 2 saturated carbocycles. The molecule has 1 heterocycles. The highest BCUT2D eigenvalue weighted by molar-refractivity contribution is 5.78. The second kappa shape index (κ2) is 5.32. The standard InChI is InChI=1S/C16H22N2O/c19-15(13-5-2-1-3-6-13)18-12-16(8-9-16)14-7-4-10-17-11-14/h4,7,10-11,13H,1-3,5-6,8-9,12H2,(H,18,19). The average Bonchev–Trinajstić information content (AvgIpc) is 3.28. The SMILES string of the molecule is O=C(NCC1(c2cccnc2)CC1)C1CCCCC1. The van der Waals surface area contributed by atoms with Crippen molar-refractivity contribution in [3.05, 3.63) is 30.1 Å². The normalized spacial score (nSPS) is 21.9. The van der Waals surface area contributed by atoms with E-state index in [4.69, 9.17) is 0 Å². The zero-order chi connectivity index (χ0) is 13.1. The molecule has 0 spiro atoms. The summed E-state index contributed by atoms with van der Waals surface area (Å²) in [4.78, 5) is 16.4. The van der Waals surface area contributed by atoms with Crippen LogP contribution in [0.5, 0.6) is 0 Å². The lowest BCUT2D eigenvalue weighted by molar-refractivity contribution is -0.126. The van der Waals surface area contributed by atoms with Crippen LogP contribution in [0.4, 0.5) is 0 Å². The van der Waals surface area contributed by atoms with Crippen molar-refractivity contribution in [2.24, 2.45) is 5.92 Å². The minimum Gasteiger partial charge on any atom is -0.355 e. The number of carbonyl (C=O) groups excluding carboxylic acids is 1. The van der Waals surface area contributed by atoms with E-state index in [0.717, 1.165) is 19.4 Å². The van der Waals surface area contributed by atoms with Gasteiger partial charge in [0.05, 0.1) is 0 Å². The molecule has 0 unspecified atom stereocenters. The van der Waals surface area contributed by atoms with Crippen molar-refractivity contribution in [1.29, 1.82) is 0 Å². The molecule has 0 aliphatic heterocycles. The van der Waals surface area contributed by atoms with Crippen LogP contribution in [0.2, 0.25) is 0 Å². The quantitative estimate of drug-likeness (QED) is 0.902. The number of hydrogen-bond acceptors (Lipinski definition) is 2. The van der Waals surface area contributed by atoms with E-state index in [2.05, 4.69) is 16.4 Å². The van der Waals surface area contributed by atoms with Gasteiger partial charge in [-0.05, 0) is 37.3 Å².